The Morgan fingerprint density at radius 1 is 1.11 bits per heavy atom. The van der Waals surface area contributed by atoms with E-state index in [1.165, 1.54) is 11.9 Å². The van der Waals surface area contributed by atoms with Crippen LogP contribution in [0.4, 0.5) is 0 Å². The van der Waals surface area contributed by atoms with Gasteiger partial charge in [0.15, 0.2) is 0 Å². The van der Waals surface area contributed by atoms with Crippen LogP contribution in [0.1, 0.15) is 47.8 Å². The largest absolute Gasteiger partial charge is 0.337 e. The van der Waals surface area contributed by atoms with Gasteiger partial charge >= 0.3 is 0 Å². The predicted molar refractivity (Wildman–Crippen MR) is 105 cm³/mol. The van der Waals surface area contributed by atoms with E-state index in [0.717, 1.165) is 16.8 Å². The van der Waals surface area contributed by atoms with Crippen molar-refractivity contribution in [1.82, 2.24) is 25.1 Å². The van der Waals surface area contributed by atoms with Crippen molar-refractivity contribution < 1.29 is 4.79 Å². The van der Waals surface area contributed by atoms with Crippen LogP contribution in [0.25, 0.3) is 5.69 Å². The van der Waals surface area contributed by atoms with E-state index < -0.39 is 0 Å². The summed E-state index contributed by atoms with van der Waals surface area (Å²) >= 11 is 0. The quantitative estimate of drug-likeness (QED) is 0.711. The summed E-state index contributed by atoms with van der Waals surface area (Å²) in [6.45, 7) is 9.09. The minimum Gasteiger partial charge on any atom is -0.337 e. The molecule has 3 aromatic rings. The van der Waals surface area contributed by atoms with Gasteiger partial charge in [0.1, 0.15) is 6.33 Å². The summed E-state index contributed by atoms with van der Waals surface area (Å²) in [7, 11) is 1.82. The van der Waals surface area contributed by atoms with Gasteiger partial charge in [0.05, 0.1) is 5.69 Å². The molecular weight excluding hydrogens is 338 g/mol. The molecule has 0 bridgehead atoms. The molecule has 6 nitrogen and oxygen atoms in total. The molecule has 0 aliphatic carbocycles. The SMILES string of the molecule is Cc1cc(C(=O)N(C)Cc2ccc(C(C)(C)C)cc2)ccc1-n1cnnn1. The molecule has 0 radical (unpaired) electrons. The smallest absolute Gasteiger partial charge is 0.253 e. The number of rotatable bonds is 4. The molecule has 0 fully saturated rings. The van der Waals surface area contributed by atoms with Gasteiger partial charge in [-0.25, -0.2) is 4.68 Å². The van der Waals surface area contributed by atoms with E-state index in [1.54, 1.807) is 9.58 Å². The lowest BCUT2D eigenvalue weighted by Gasteiger charge is -2.21. The number of hydrogen-bond donors (Lipinski definition) is 0. The summed E-state index contributed by atoms with van der Waals surface area (Å²) in [4.78, 5) is 14.5. The van der Waals surface area contributed by atoms with Gasteiger partial charge in [-0.3, -0.25) is 4.79 Å². The Balaban J connectivity index is 1.73. The molecule has 1 heterocycles. The first-order valence-electron chi connectivity index (χ1n) is 8.94. The predicted octanol–water partition coefficient (Wildman–Crippen LogP) is 3.54. The summed E-state index contributed by atoms with van der Waals surface area (Å²) in [5, 5.41) is 11.2. The highest BCUT2D eigenvalue weighted by atomic mass is 16.2. The summed E-state index contributed by atoms with van der Waals surface area (Å²) in [5.41, 5.74) is 4.97. The van der Waals surface area contributed by atoms with Crippen LogP contribution in [-0.2, 0) is 12.0 Å². The van der Waals surface area contributed by atoms with Crippen molar-refractivity contribution in [3.8, 4) is 5.69 Å². The Bertz CT molecular complexity index is 924. The molecule has 0 aliphatic rings. The number of aryl methyl sites for hydroxylation is 1. The van der Waals surface area contributed by atoms with Crippen molar-refractivity contribution in [2.24, 2.45) is 0 Å². The van der Waals surface area contributed by atoms with Crippen LogP contribution in [0.5, 0.6) is 0 Å². The summed E-state index contributed by atoms with van der Waals surface area (Å²) in [5.74, 6) is -0.0127. The van der Waals surface area contributed by atoms with E-state index in [9.17, 15) is 4.79 Å². The third kappa shape index (κ3) is 4.22. The van der Waals surface area contributed by atoms with E-state index in [0.29, 0.717) is 12.1 Å². The van der Waals surface area contributed by atoms with Gasteiger partial charge in [-0.15, -0.1) is 5.10 Å². The number of amides is 1. The van der Waals surface area contributed by atoms with Crippen molar-refractivity contribution >= 4 is 5.91 Å². The van der Waals surface area contributed by atoms with Crippen LogP contribution < -0.4 is 0 Å². The highest BCUT2D eigenvalue weighted by Gasteiger charge is 2.16. The second-order valence-corrected chi connectivity index (χ2v) is 7.86. The fraction of sp³-hybridized carbons (Fsp3) is 0.333. The number of nitrogens with zero attached hydrogens (tertiary/aromatic N) is 5. The molecule has 6 heteroatoms. The van der Waals surface area contributed by atoms with Crippen molar-refractivity contribution in [3.63, 3.8) is 0 Å². The van der Waals surface area contributed by atoms with Crippen LogP contribution in [0.3, 0.4) is 0 Å². The lowest BCUT2D eigenvalue weighted by Crippen LogP contribution is -2.26. The molecule has 3 rings (SSSR count). The lowest BCUT2D eigenvalue weighted by atomic mass is 9.87. The molecule has 1 amide bonds. The van der Waals surface area contributed by atoms with Gasteiger partial charge in [-0.05, 0) is 57.7 Å². The highest BCUT2D eigenvalue weighted by molar-refractivity contribution is 5.94. The minimum absolute atomic E-state index is 0.0127. The molecule has 0 saturated carbocycles. The molecule has 0 unspecified atom stereocenters. The van der Waals surface area contributed by atoms with Crippen LogP contribution >= 0.6 is 0 Å². The number of aromatic nitrogens is 4. The average molecular weight is 363 g/mol. The fourth-order valence-electron chi connectivity index (χ4n) is 2.99. The number of benzene rings is 2. The van der Waals surface area contributed by atoms with Crippen LogP contribution in [-0.4, -0.2) is 38.1 Å². The Kier molecular flexibility index (Phi) is 5.08. The Hall–Kier alpha value is -3.02. The van der Waals surface area contributed by atoms with Gasteiger partial charge in [0.25, 0.3) is 5.91 Å². The second-order valence-electron chi connectivity index (χ2n) is 7.86. The number of hydrogen-bond acceptors (Lipinski definition) is 4. The van der Waals surface area contributed by atoms with Crippen molar-refractivity contribution in [2.75, 3.05) is 7.05 Å². The Morgan fingerprint density at radius 3 is 2.37 bits per heavy atom. The third-order valence-electron chi connectivity index (χ3n) is 4.63. The normalized spacial score (nSPS) is 11.4. The van der Waals surface area contributed by atoms with E-state index in [-0.39, 0.29) is 11.3 Å². The minimum atomic E-state index is -0.0127. The Morgan fingerprint density at radius 2 is 1.81 bits per heavy atom. The highest BCUT2D eigenvalue weighted by Crippen LogP contribution is 2.23. The molecule has 0 atom stereocenters. The molecule has 0 saturated heterocycles. The number of carbonyl (C=O) groups is 1. The summed E-state index contributed by atoms with van der Waals surface area (Å²) in [6, 6.07) is 14.0. The van der Waals surface area contributed by atoms with Gasteiger partial charge in [-0.2, -0.15) is 0 Å². The van der Waals surface area contributed by atoms with Crippen molar-refractivity contribution in [2.45, 2.75) is 39.7 Å². The summed E-state index contributed by atoms with van der Waals surface area (Å²) < 4.78 is 1.59. The van der Waals surface area contributed by atoms with E-state index >= 15 is 0 Å². The first kappa shape index (κ1) is 18.8. The number of carbonyl (C=O) groups excluding carboxylic acids is 1. The average Bonchev–Trinajstić information content (AvgIpc) is 3.15. The summed E-state index contributed by atoms with van der Waals surface area (Å²) in [6.07, 6.45) is 1.54. The first-order chi connectivity index (χ1) is 12.8. The standard InChI is InChI=1S/C21H25N5O/c1-15-12-17(8-11-19(15)26-14-22-23-24-26)20(27)25(5)13-16-6-9-18(10-7-16)21(2,3)4/h6-12,14H,13H2,1-5H3. The molecule has 27 heavy (non-hydrogen) atoms. The topological polar surface area (TPSA) is 63.9 Å². The molecule has 0 aliphatic heterocycles. The molecule has 0 N–H and O–H groups in total. The molecular formula is C21H25N5O. The van der Waals surface area contributed by atoms with Gasteiger partial charge in [0, 0.05) is 19.2 Å². The molecule has 2 aromatic carbocycles. The van der Waals surface area contributed by atoms with E-state index in [1.807, 2.05) is 32.2 Å². The van der Waals surface area contributed by atoms with Gasteiger partial charge < -0.3 is 4.90 Å². The zero-order valence-corrected chi connectivity index (χ0v) is 16.5. The fourth-order valence-corrected chi connectivity index (χ4v) is 2.99. The Labute approximate surface area is 159 Å². The molecule has 0 spiro atoms. The van der Waals surface area contributed by atoms with Crippen LogP contribution in [0.15, 0.2) is 48.8 Å². The van der Waals surface area contributed by atoms with E-state index in [4.69, 9.17) is 0 Å². The maximum absolute atomic E-state index is 12.8. The van der Waals surface area contributed by atoms with Gasteiger partial charge in [-0.1, -0.05) is 45.0 Å². The second kappa shape index (κ2) is 7.31. The maximum atomic E-state index is 12.8. The molecule has 1 aromatic heterocycles. The van der Waals surface area contributed by atoms with E-state index in [2.05, 4.69) is 60.6 Å². The first-order valence-corrected chi connectivity index (χ1v) is 8.94. The lowest BCUT2D eigenvalue weighted by molar-refractivity contribution is 0.0785. The van der Waals surface area contributed by atoms with Crippen molar-refractivity contribution in [1.29, 1.82) is 0 Å². The third-order valence-corrected chi connectivity index (χ3v) is 4.63. The van der Waals surface area contributed by atoms with Crippen LogP contribution in [0.2, 0.25) is 0 Å². The zero-order valence-electron chi connectivity index (χ0n) is 16.5. The number of tetrazole rings is 1. The molecule has 140 valence electrons. The maximum Gasteiger partial charge on any atom is 0.253 e. The zero-order chi connectivity index (χ0) is 19.6. The monoisotopic (exact) mass is 363 g/mol. The van der Waals surface area contributed by atoms with Crippen molar-refractivity contribution in [3.05, 3.63) is 71.0 Å². The van der Waals surface area contributed by atoms with Crippen LogP contribution in [0, 0.1) is 6.92 Å². The van der Waals surface area contributed by atoms with Gasteiger partial charge in [0.2, 0.25) is 0 Å².